The summed E-state index contributed by atoms with van der Waals surface area (Å²) in [5, 5.41) is 4.70. The maximum atomic E-state index is 11.7. The average molecular weight is 290 g/mol. The van der Waals surface area contributed by atoms with Gasteiger partial charge in [-0.3, -0.25) is 4.79 Å². The van der Waals surface area contributed by atoms with Crippen LogP contribution < -0.4 is 11.1 Å². The van der Waals surface area contributed by atoms with Crippen LogP contribution in [0.4, 0.5) is 0 Å². The highest BCUT2D eigenvalue weighted by atomic mass is 32.2. The van der Waals surface area contributed by atoms with E-state index in [0.29, 0.717) is 0 Å². The van der Waals surface area contributed by atoms with Gasteiger partial charge in [0, 0.05) is 11.1 Å². The van der Waals surface area contributed by atoms with Crippen LogP contribution in [0.5, 0.6) is 0 Å². The minimum Gasteiger partial charge on any atom is -0.347 e. The number of carbonyl (C=O) groups is 1. The van der Waals surface area contributed by atoms with Gasteiger partial charge in [0.2, 0.25) is 5.91 Å². The van der Waals surface area contributed by atoms with Crippen LogP contribution in [0.15, 0.2) is 17.5 Å². The molecule has 0 saturated carbocycles. The predicted octanol–water partition coefficient (Wildman–Crippen LogP) is 0.687. The molecule has 18 heavy (non-hydrogen) atoms. The fourth-order valence-corrected chi connectivity index (χ4v) is 2.82. The van der Waals surface area contributed by atoms with Crippen LogP contribution in [0.2, 0.25) is 0 Å². The molecule has 0 saturated heterocycles. The van der Waals surface area contributed by atoms with Gasteiger partial charge in [-0.25, -0.2) is 8.42 Å². The summed E-state index contributed by atoms with van der Waals surface area (Å²) in [5.41, 5.74) is 5.65. The van der Waals surface area contributed by atoms with Crippen LogP contribution >= 0.6 is 11.3 Å². The van der Waals surface area contributed by atoms with E-state index in [0.717, 1.165) is 11.1 Å². The van der Waals surface area contributed by atoms with E-state index in [9.17, 15) is 13.2 Å². The van der Waals surface area contributed by atoms with Crippen molar-refractivity contribution in [1.29, 1.82) is 0 Å². The second-order valence-electron chi connectivity index (χ2n) is 4.27. The molecule has 1 aromatic heterocycles. The van der Waals surface area contributed by atoms with Crippen LogP contribution in [0, 0.1) is 0 Å². The number of hydrogen-bond donors (Lipinski definition) is 2. The Kier molecular flexibility index (Phi) is 5.30. The molecule has 1 rings (SSSR count). The van der Waals surface area contributed by atoms with Crippen molar-refractivity contribution in [2.45, 2.75) is 25.4 Å². The van der Waals surface area contributed by atoms with Gasteiger partial charge >= 0.3 is 0 Å². The molecule has 1 heterocycles. The number of thiophene rings is 1. The molecule has 1 aromatic rings. The summed E-state index contributed by atoms with van der Waals surface area (Å²) in [6.07, 6.45) is 1.27. The molecule has 2 atom stereocenters. The Bertz CT molecular complexity index is 482. The molecule has 102 valence electrons. The predicted molar refractivity (Wildman–Crippen MR) is 73.2 cm³/mol. The first-order valence-electron chi connectivity index (χ1n) is 5.56. The van der Waals surface area contributed by atoms with Gasteiger partial charge in [-0.2, -0.15) is 0 Å². The molecule has 5 nitrogen and oxygen atoms in total. The van der Waals surface area contributed by atoms with E-state index in [4.69, 9.17) is 5.73 Å². The van der Waals surface area contributed by atoms with Gasteiger partial charge in [0.05, 0.1) is 17.8 Å². The van der Waals surface area contributed by atoms with Crippen molar-refractivity contribution >= 4 is 27.1 Å². The van der Waals surface area contributed by atoms with Crippen molar-refractivity contribution in [2.75, 3.05) is 12.0 Å². The number of nitrogens with two attached hydrogens (primary N) is 1. The van der Waals surface area contributed by atoms with E-state index in [1.807, 2.05) is 24.4 Å². The summed E-state index contributed by atoms with van der Waals surface area (Å²) < 4.78 is 22.0. The third-order valence-corrected chi connectivity index (χ3v) is 4.50. The van der Waals surface area contributed by atoms with Crippen molar-refractivity contribution in [2.24, 2.45) is 5.73 Å². The Morgan fingerprint density at radius 3 is 2.72 bits per heavy atom. The van der Waals surface area contributed by atoms with Gasteiger partial charge in [0.25, 0.3) is 0 Å². The molecule has 0 fully saturated rings. The molecule has 1 amide bonds. The lowest BCUT2D eigenvalue weighted by Crippen LogP contribution is -2.42. The third-order valence-electron chi connectivity index (χ3n) is 2.47. The van der Waals surface area contributed by atoms with Gasteiger partial charge in [-0.15, -0.1) is 11.3 Å². The highest BCUT2D eigenvalue weighted by Gasteiger charge is 2.18. The lowest BCUT2D eigenvalue weighted by molar-refractivity contribution is -0.123. The van der Waals surface area contributed by atoms with Crippen LogP contribution in [-0.2, 0) is 14.6 Å². The van der Waals surface area contributed by atoms with Gasteiger partial charge in [0.15, 0.2) is 0 Å². The Morgan fingerprint density at radius 1 is 1.56 bits per heavy atom. The van der Waals surface area contributed by atoms with Crippen molar-refractivity contribution in [3.8, 4) is 0 Å². The number of nitrogens with one attached hydrogen (secondary N) is 1. The first-order valence-corrected chi connectivity index (χ1v) is 8.50. The molecular weight excluding hydrogens is 272 g/mol. The van der Waals surface area contributed by atoms with E-state index in [1.54, 1.807) is 11.3 Å². The van der Waals surface area contributed by atoms with Crippen molar-refractivity contribution in [3.63, 3.8) is 0 Å². The minimum absolute atomic E-state index is 0.0744. The highest BCUT2D eigenvalue weighted by Crippen LogP contribution is 2.18. The van der Waals surface area contributed by atoms with Crippen LogP contribution in [0.3, 0.4) is 0 Å². The average Bonchev–Trinajstić information content (AvgIpc) is 2.77. The number of sulfone groups is 1. The summed E-state index contributed by atoms with van der Waals surface area (Å²) in [7, 11) is -3.08. The summed E-state index contributed by atoms with van der Waals surface area (Å²) in [5.74, 6) is -0.394. The number of amides is 1. The Morgan fingerprint density at radius 2 is 2.22 bits per heavy atom. The van der Waals surface area contributed by atoms with Crippen molar-refractivity contribution < 1.29 is 13.2 Å². The van der Waals surface area contributed by atoms with Gasteiger partial charge in [0.1, 0.15) is 9.84 Å². The number of hydrogen-bond acceptors (Lipinski definition) is 5. The van der Waals surface area contributed by atoms with E-state index in [1.165, 1.54) is 0 Å². The first-order chi connectivity index (χ1) is 8.29. The molecule has 1 unspecified atom stereocenters. The summed E-state index contributed by atoms with van der Waals surface area (Å²) in [4.78, 5) is 12.8. The van der Waals surface area contributed by atoms with Crippen molar-refractivity contribution in [1.82, 2.24) is 5.32 Å². The molecule has 0 spiro atoms. The first kappa shape index (κ1) is 15.1. The zero-order chi connectivity index (χ0) is 13.8. The largest absolute Gasteiger partial charge is 0.347 e. The van der Waals surface area contributed by atoms with E-state index in [-0.39, 0.29) is 24.1 Å². The summed E-state index contributed by atoms with van der Waals surface area (Å²) in [6.45, 7) is 1.87. The Balaban J connectivity index is 2.45. The van der Waals surface area contributed by atoms with Crippen LogP contribution in [-0.4, -0.2) is 32.4 Å². The van der Waals surface area contributed by atoms with Gasteiger partial charge in [-0.05, 0) is 24.8 Å². The van der Waals surface area contributed by atoms with Crippen LogP contribution in [0.1, 0.15) is 24.3 Å². The number of rotatable bonds is 6. The molecular formula is C11H18N2O3S2. The topological polar surface area (TPSA) is 89.3 Å². The highest BCUT2D eigenvalue weighted by molar-refractivity contribution is 7.90. The molecule has 3 N–H and O–H groups in total. The maximum absolute atomic E-state index is 11.7. The Labute approximate surface area is 111 Å². The van der Waals surface area contributed by atoms with E-state index >= 15 is 0 Å². The van der Waals surface area contributed by atoms with Crippen molar-refractivity contribution in [3.05, 3.63) is 22.4 Å². The second-order valence-corrected chi connectivity index (χ2v) is 7.51. The van der Waals surface area contributed by atoms with E-state index < -0.39 is 15.9 Å². The molecule has 0 aliphatic carbocycles. The van der Waals surface area contributed by atoms with Gasteiger partial charge in [-0.1, -0.05) is 6.07 Å². The SMILES string of the molecule is C[C@H](NC(=O)C(N)CCS(C)(=O)=O)c1cccs1. The lowest BCUT2D eigenvalue weighted by Gasteiger charge is -2.16. The van der Waals surface area contributed by atoms with E-state index in [2.05, 4.69) is 5.32 Å². The third kappa shape index (κ3) is 5.16. The summed E-state index contributed by atoms with van der Waals surface area (Å²) >= 11 is 1.55. The monoisotopic (exact) mass is 290 g/mol. The number of carbonyl (C=O) groups excluding carboxylic acids is 1. The molecule has 0 aromatic carbocycles. The zero-order valence-electron chi connectivity index (χ0n) is 10.4. The minimum atomic E-state index is -3.08. The molecule has 0 radical (unpaired) electrons. The zero-order valence-corrected chi connectivity index (χ0v) is 12.1. The fourth-order valence-electron chi connectivity index (χ4n) is 1.40. The quantitative estimate of drug-likeness (QED) is 0.806. The molecule has 0 aliphatic rings. The normalized spacial score (nSPS) is 15.1. The second kappa shape index (κ2) is 6.31. The molecule has 0 aliphatic heterocycles. The lowest BCUT2D eigenvalue weighted by atomic mass is 10.2. The smallest absolute Gasteiger partial charge is 0.237 e. The van der Waals surface area contributed by atoms with Crippen LogP contribution in [0.25, 0.3) is 0 Å². The maximum Gasteiger partial charge on any atom is 0.237 e. The summed E-state index contributed by atoms with van der Waals surface area (Å²) in [6, 6.07) is 2.94. The fraction of sp³-hybridized carbons (Fsp3) is 0.545. The van der Waals surface area contributed by atoms with Gasteiger partial charge < -0.3 is 11.1 Å². The molecule has 7 heteroatoms. The standard InChI is InChI=1S/C11H18N2O3S2/c1-8(10-4-3-6-17-10)13-11(14)9(12)5-7-18(2,15)16/h3-4,6,8-9H,5,7,12H2,1-2H3,(H,13,14)/t8-,9?/m0/s1. The molecule has 0 bridgehead atoms. The Hall–Kier alpha value is -0.920.